The Labute approximate surface area is 242 Å². The van der Waals surface area contributed by atoms with Crippen molar-refractivity contribution >= 4 is 54.6 Å². The molecule has 4 aromatic rings. The van der Waals surface area contributed by atoms with Crippen LogP contribution in [0.25, 0.3) is 0 Å². The van der Waals surface area contributed by atoms with Crippen LogP contribution in [0.2, 0.25) is 5.02 Å². The minimum Gasteiger partial charge on any atom is -0.492 e. The van der Waals surface area contributed by atoms with Crippen LogP contribution in [-0.4, -0.2) is 35.9 Å². The molecular weight excluding hydrogens is 593 g/mol. The van der Waals surface area contributed by atoms with Gasteiger partial charge in [-0.15, -0.1) is 0 Å². The second-order valence-electron chi connectivity index (χ2n) is 8.55. The lowest BCUT2D eigenvalue weighted by atomic mass is 10.3. The van der Waals surface area contributed by atoms with Gasteiger partial charge in [-0.3, -0.25) is 13.8 Å². The number of sulfonamides is 2. The lowest BCUT2D eigenvalue weighted by Crippen LogP contribution is -2.38. The maximum Gasteiger partial charge on any atom is 0.264 e. The van der Waals surface area contributed by atoms with Crippen LogP contribution in [0.4, 0.5) is 21.5 Å². The third-order valence-corrected chi connectivity index (χ3v) is 9.09. The normalized spacial score (nSPS) is 11.5. The highest BCUT2D eigenvalue weighted by Crippen LogP contribution is 2.33. The minimum atomic E-state index is -4.23. The van der Waals surface area contributed by atoms with E-state index in [0.717, 1.165) is 16.4 Å². The number of benzene rings is 4. The molecule has 0 aliphatic rings. The monoisotopic (exact) mass is 617 g/mol. The first-order valence-corrected chi connectivity index (χ1v) is 15.5. The van der Waals surface area contributed by atoms with Gasteiger partial charge in [0.1, 0.15) is 18.1 Å². The number of rotatable bonds is 11. The predicted molar refractivity (Wildman–Crippen MR) is 156 cm³/mol. The number of hydrogen-bond acceptors (Lipinski definition) is 6. The molecule has 4 aromatic carbocycles. The molecule has 9 nitrogen and oxygen atoms in total. The van der Waals surface area contributed by atoms with Crippen LogP contribution in [0.15, 0.2) is 107 Å². The largest absolute Gasteiger partial charge is 0.492 e. The van der Waals surface area contributed by atoms with Crippen LogP contribution in [0, 0.1) is 5.82 Å². The average molecular weight is 618 g/mol. The highest BCUT2D eigenvalue weighted by Gasteiger charge is 2.29. The van der Waals surface area contributed by atoms with Crippen molar-refractivity contribution in [2.24, 2.45) is 0 Å². The fraction of sp³-hybridized carbons (Fsp3) is 0.107. The Morgan fingerprint density at radius 2 is 1.41 bits per heavy atom. The molecule has 0 aliphatic carbocycles. The zero-order valence-corrected chi connectivity index (χ0v) is 24.0. The molecule has 0 radical (unpaired) electrons. The fourth-order valence-corrected chi connectivity index (χ4v) is 6.37. The van der Waals surface area contributed by atoms with Crippen molar-refractivity contribution in [1.82, 2.24) is 0 Å². The summed E-state index contributed by atoms with van der Waals surface area (Å²) in [6, 6.07) is 22.1. The van der Waals surface area contributed by atoms with E-state index in [-0.39, 0.29) is 39.2 Å². The fourth-order valence-electron chi connectivity index (χ4n) is 3.75. The summed E-state index contributed by atoms with van der Waals surface area (Å²) in [7, 11) is -8.22. The van der Waals surface area contributed by atoms with Gasteiger partial charge in [0.15, 0.2) is 0 Å². The molecule has 0 fully saturated rings. The van der Waals surface area contributed by atoms with Crippen LogP contribution in [-0.2, 0) is 24.8 Å². The molecule has 4 rings (SSSR count). The highest BCUT2D eigenvalue weighted by molar-refractivity contribution is 7.93. The molecule has 0 aliphatic heterocycles. The summed E-state index contributed by atoms with van der Waals surface area (Å²) in [5, 5.41) is 2.95. The van der Waals surface area contributed by atoms with Gasteiger partial charge < -0.3 is 10.1 Å². The lowest BCUT2D eigenvalue weighted by molar-refractivity contribution is -0.114. The van der Waals surface area contributed by atoms with Gasteiger partial charge in [0, 0.05) is 16.4 Å². The van der Waals surface area contributed by atoms with Gasteiger partial charge >= 0.3 is 0 Å². The van der Waals surface area contributed by atoms with Gasteiger partial charge in [0.2, 0.25) is 5.91 Å². The number of amides is 1. The van der Waals surface area contributed by atoms with Gasteiger partial charge in [-0.25, -0.2) is 21.2 Å². The zero-order chi connectivity index (χ0) is 29.6. The van der Waals surface area contributed by atoms with Crippen molar-refractivity contribution in [3.8, 4) is 5.75 Å². The van der Waals surface area contributed by atoms with Gasteiger partial charge in [-0.1, -0.05) is 23.7 Å². The van der Waals surface area contributed by atoms with E-state index in [9.17, 15) is 26.0 Å². The molecule has 0 saturated heterocycles. The molecule has 0 aromatic heterocycles. The van der Waals surface area contributed by atoms with E-state index in [4.69, 9.17) is 16.3 Å². The standard InChI is InChI=1S/C28H25ClFN3O6S2/c1-2-39-27-6-4-3-5-26(27)33(41(37,38)25-15-7-20(29)8-16-25)19-28(34)31-22-13-17-24(18-14-22)40(35,36)32-23-11-9-21(30)10-12-23/h3-18,32H,2,19H2,1H3,(H,31,34). The number of para-hydroxylation sites is 2. The number of anilines is 3. The maximum absolute atomic E-state index is 13.7. The van der Waals surface area contributed by atoms with Crippen molar-refractivity contribution in [3.05, 3.63) is 108 Å². The Bertz CT molecular complexity index is 1730. The van der Waals surface area contributed by atoms with Crippen LogP contribution < -0.4 is 19.1 Å². The molecule has 2 N–H and O–H groups in total. The predicted octanol–water partition coefficient (Wildman–Crippen LogP) is 5.51. The molecule has 0 heterocycles. The van der Waals surface area contributed by atoms with Crippen molar-refractivity contribution in [1.29, 1.82) is 0 Å². The van der Waals surface area contributed by atoms with E-state index >= 15 is 0 Å². The smallest absolute Gasteiger partial charge is 0.264 e. The third kappa shape index (κ3) is 7.34. The molecule has 0 saturated carbocycles. The summed E-state index contributed by atoms with van der Waals surface area (Å²) < 4.78 is 74.7. The Hall–Kier alpha value is -4.13. The zero-order valence-electron chi connectivity index (χ0n) is 21.6. The number of ether oxygens (including phenoxy) is 1. The van der Waals surface area contributed by atoms with Crippen LogP contribution in [0.3, 0.4) is 0 Å². The van der Waals surface area contributed by atoms with Crippen molar-refractivity contribution in [3.63, 3.8) is 0 Å². The molecule has 41 heavy (non-hydrogen) atoms. The Morgan fingerprint density at radius 3 is 2.05 bits per heavy atom. The first kappa shape index (κ1) is 29.8. The molecule has 0 bridgehead atoms. The van der Waals surface area contributed by atoms with Crippen molar-refractivity contribution < 1.29 is 30.8 Å². The average Bonchev–Trinajstić information content (AvgIpc) is 2.94. The van der Waals surface area contributed by atoms with Gasteiger partial charge in [-0.2, -0.15) is 0 Å². The minimum absolute atomic E-state index is 0.0794. The number of hydrogen-bond donors (Lipinski definition) is 2. The lowest BCUT2D eigenvalue weighted by Gasteiger charge is -2.26. The summed E-state index contributed by atoms with van der Waals surface area (Å²) in [5.74, 6) is -0.925. The Balaban J connectivity index is 1.56. The summed E-state index contributed by atoms with van der Waals surface area (Å²) in [5.41, 5.74) is 0.573. The second-order valence-corrected chi connectivity index (χ2v) is 12.5. The second kappa shape index (κ2) is 12.6. The van der Waals surface area contributed by atoms with E-state index in [1.54, 1.807) is 25.1 Å². The van der Waals surface area contributed by atoms with Gasteiger partial charge in [-0.05, 0) is 91.9 Å². The van der Waals surface area contributed by atoms with Crippen molar-refractivity contribution in [2.45, 2.75) is 16.7 Å². The summed E-state index contributed by atoms with van der Waals surface area (Å²) in [6.45, 7) is 1.41. The molecule has 0 atom stereocenters. The van der Waals surface area contributed by atoms with E-state index in [2.05, 4.69) is 10.0 Å². The van der Waals surface area contributed by atoms with E-state index in [1.807, 2.05) is 0 Å². The van der Waals surface area contributed by atoms with Crippen molar-refractivity contribution in [2.75, 3.05) is 27.5 Å². The van der Waals surface area contributed by atoms with E-state index < -0.39 is 38.3 Å². The van der Waals surface area contributed by atoms with Crippen LogP contribution >= 0.6 is 11.6 Å². The molecule has 0 spiro atoms. The van der Waals surface area contributed by atoms with Crippen LogP contribution in [0.5, 0.6) is 5.75 Å². The quantitative estimate of drug-likeness (QED) is 0.229. The first-order valence-electron chi connectivity index (χ1n) is 12.2. The van der Waals surface area contributed by atoms with E-state index in [0.29, 0.717) is 5.02 Å². The van der Waals surface area contributed by atoms with Gasteiger partial charge in [0.25, 0.3) is 20.0 Å². The number of nitrogens with one attached hydrogen (secondary N) is 2. The number of nitrogens with zero attached hydrogens (tertiary/aromatic N) is 1. The molecule has 13 heteroatoms. The molecule has 1 amide bonds. The summed E-state index contributed by atoms with van der Waals surface area (Å²) in [6.07, 6.45) is 0. The molecule has 214 valence electrons. The topological polar surface area (TPSA) is 122 Å². The SMILES string of the molecule is CCOc1ccccc1N(CC(=O)Nc1ccc(S(=O)(=O)Nc2ccc(F)cc2)cc1)S(=O)(=O)c1ccc(Cl)cc1. The molecule has 0 unspecified atom stereocenters. The summed E-state index contributed by atoms with van der Waals surface area (Å²) >= 11 is 5.94. The number of halogens is 2. The first-order chi connectivity index (χ1) is 19.5. The number of carbonyl (C=O) groups excluding carboxylic acids is 1. The van der Waals surface area contributed by atoms with Gasteiger partial charge in [0.05, 0.1) is 22.1 Å². The highest BCUT2D eigenvalue weighted by atomic mass is 35.5. The Morgan fingerprint density at radius 1 is 0.829 bits per heavy atom. The third-order valence-electron chi connectivity index (χ3n) is 5.67. The molecular formula is C28H25ClFN3O6S2. The number of carbonyl (C=O) groups is 1. The Kier molecular flexibility index (Phi) is 9.16. The van der Waals surface area contributed by atoms with Crippen LogP contribution in [0.1, 0.15) is 6.92 Å². The van der Waals surface area contributed by atoms with E-state index in [1.165, 1.54) is 66.7 Å². The maximum atomic E-state index is 13.7. The summed E-state index contributed by atoms with van der Waals surface area (Å²) in [4.78, 5) is 12.9.